The Morgan fingerprint density at radius 3 is 2.61 bits per heavy atom. The first-order valence-corrected chi connectivity index (χ1v) is 13.1. The summed E-state index contributed by atoms with van der Waals surface area (Å²) in [5.41, 5.74) is -0.692. The zero-order valence-electron chi connectivity index (χ0n) is 20.4. The second-order valence-corrected chi connectivity index (χ2v) is 10.2. The topological polar surface area (TPSA) is 90.4 Å². The number of carbonyl (C=O) groups is 3. The van der Waals surface area contributed by atoms with E-state index in [1.807, 2.05) is 37.3 Å². The molecule has 2 fully saturated rings. The molecular formula is C27H32ClN3O5. The van der Waals surface area contributed by atoms with Gasteiger partial charge in [-0.05, 0) is 31.4 Å². The van der Waals surface area contributed by atoms with Crippen LogP contribution in [-0.2, 0) is 19.1 Å². The molecule has 9 heteroatoms. The summed E-state index contributed by atoms with van der Waals surface area (Å²) in [6, 6.07) is 6.19. The van der Waals surface area contributed by atoms with E-state index in [1.54, 1.807) is 32.9 Å². The van der Waals surface area contributed by atoms with Crippen LogP contribution in [0.2, 0.25) is 5.02 Å². The summed E-state index contributed by atoms with van der Waals surface area (Å²) < 4.78 is 6.62. The molecule has 1 aromatic rings. The molecule has 0 bridgehead atoms. The average Bonchev–Trinajstić information content (AvgIpc) is 3.18. The van der Waals surface area contributed by atoms with Crippen LogP contribution in [0.3, 0.4) is 0 Å². The first-order valence-electron chi connectivity index (χ1n) is 12.7. The Kier molecular flexibility index (Phi) is 6.94. The number of hydrogen-bond donors (Lipinski definition) is 1. The van der Waals surface area contributed by atoms with Crippen molar-refractivity contribution >= 4 is 35.0 Å². The number of halogens is 1. The smallest absolute Gasteiger partial charge is 0.253 e. The number of anilines is 1. The molecule has 1 spiro atoms. The number of para-hydroxylation sites is 1. The van der Waals surface area contributed by atoms with Crippen molar-refractivity contribution in [3.63, 3.8) is 0 Å². The number of benzene rings is 1. The standard InChI is InChI=1S/C27H32ClN3O5/c1-2-13-29-14-7-11-20-21(24(29)33)22-25(34)31(15-5-6-17-32)23-26(35)30(16-8-12-27(22,23)36-20)19-10-4-3-9-18(19)28/h3-4,7-12,20-23,32H,2,5-6,13-17H2,1H3/t20-,21+,22+,23?,27+/m1/s1. The van der Waals surface area contributed by atoms with E-state index in [0.29, 0.717) is 43.2 Å². The molecule has 0 aliphatic carbocycles. The van der Waals surface area contributed by atoms with Crippen molar-refractivity contribution in [3.8, 4) is 0 Å². The van der Waals surface area contributed by atoms with Crippen molar-refractivity contribution in [2.45, 2.75) is 43.9 Å². The van der Waals surface area contributed by atoms with Crippen LogP contribution in [0.15, 0.2) is 48.6 Å². The maximum absolute atomic E-state index is 14.2. The van der Waals surface area contributed by atoms with Gasteiger partial charge in [0, 0.05) is 32.8 Å². The van der Waals surface area contributed by atoms with Gasteiger partial charge in [-0.1, -0.05) is 55.0 Å². The van der Waals surface area contributed by atoms with Crippen molar-refractivity contribution in [1.82, 2.24) is 9.80 Å². The van der Waals surface area contributed by atoms with E-state index in [2.05, 4.69) is 0 Å². The molecule has 5 rings (SSSR count). The third-order valence-corrected chi connectivity index (χ3v) is 8.01. The molecule has 4 aliphatic rings. The van der Waals surface area contributed by atoms with Gasteiger partial charge in [0.1, 0.15) is 11.6 Å². The van der Waals surface area contributed by atoms with Gasteiger partial charge in [-0.2, -0.15) is 0 Å². The third kappa shape index (κ3) is 3.86. The van der Waals surface area contributed by atoms with Crippen molar-refractivity contribution in [2.24, 2.45) is 11.8 Å². The minimum Gasteiger partial charge on any atom is -0.396 e. The Morgan fingerprint density at radius 1 is 1.06 bits per heavy atom. The summed E-state index contributed by atoms with van der Waals surface area (Å²) in [6.45, 7) is 3.66. The highest BCUT2D eigenvalue weighted by atomic mass is 35.5. The van der Waals surface area contributed by atoms with Gasteiger partial charge < -0.3 is 24.5 Å². The molecular weight excluding hydrogens is 482 g/mol. The first-order chi connectivity index (χ1) is 17.4. The number of aliphatic hydroxyl groups excluding tert-OH is 1. The van der Waals surface area contributed by atoms with Crippen molar-refractivity contribution in [2.75, 3.05) is 37.7 Å². The Balaban J connectivity index is 1.59. The van der Waals surface area contributed by atoms with Gasteiger partial charge in [0.05, 0.1) is 28.6 Å². The van der Waals surface area contributed by atoms with E-state index in [1.165, 1.54) is 0 Å². The molecule has 0 saturated carbocycles. The molecule has 8 nitrogen and oxygen atoms in total. The van der Waals surface area contributed by atoms with Crippen LogP contribution in [0, 0.1) is 11.8 Å². The average molecular weight is 514 g/mol. The number of carbonyl (C=O) groups excluding carboxylic acids is 3. The summed E-state index contributed by atoms with van der Waals surface area (Å²) in [6.07, 6.45) is 8.75. The zero-order valence-corrected chi connectivity index (χ0v) is 21.1. The number of hydrogen-bond acceptors (Lipinski definition) is 5. The lowest BCUT2D eigenvalue weighted by atomic mass is 9.77. The summed E-state index contributed by atoms with van der Waals surface area (Å²) >= 11 is 6.46. The van der Waals surface area contributed by atoms with Crippen molar-refractivity contribution in [3.05, 3.63) is 53.6 Å². The predicted molar refractivity (Wildman–Crippen MR) is 135 cm³/mol. The zero-order chi connectivity index (χ0) is 25.4. The number of rotatable bonds is 7. The predicted octanol–water partition coefficient (Wildman–Crippen LogP) is 2.40. The van der Waals surface area contributed by atoms with Gasteiger partial charge in [-0.25, -0.2) is 0 Å². The molecule has 36 heavy (non-hydrogen) atoms. The van der Waals surface area contributed by atoms with Gasteiger partial charge in [0.2, 0.25) is 11.8 Å². The van der Waals surface area contributed by atoms with Crippen LogP contribution in [0.25, 0.3) is 0 Å². The number of ether oxygens (including phenoxy) is 1. The number of unbranched alkanes of at least 4 members (excludes halogenated alkanes) is 1. The fourth-order valence-corrected chi connectivity index (χ4v) is 6.42. The number of likely N-dealkylation sites (tertiary alicyclic amines) is 1. The Bertz CT molecular complexity index is 1110. The van der Waals surface area contributed by atoms with E-state index >= 15 is 0 Å². The quantitative estimate of drug-likeness (QED) is 0.446. The normalized spacial score (nSPS) is 31.4. The van der Waals surface area contributed by atoms with Gasteiger partial charge >= 0.3 is 0 Å². The second kappa shape index (κ2) is 10.00. The Labute approximate surface area is 216 Å². The highest BCUT2D eigenvalue weighted by Gasteiger charge is 2.71. The largest absolute Gasteiger partial charge is 0.396 e. The fourth-order valence-electron chi connectivity index (χ4n) is 6.18. The van der Waals surface area contributed by atoms with Crippen LogP contribution in [0.4, 0.5) is 5.69 Å². The van der Waals surface area contributed by atoms with E-state index in [0.717, 1.165) is 6.42 Å². The molecule has 5 atom stereocenters. The van der Waals surface area contributed by atoms with Gasteiger partial charge in [0.25, 0.3) is 5.91 Å². The molecule has 1 aromatic carbocycles. The van der Waals surface area contributed by atoms with Crippen molar-refractivity contribution in [1.29, 1.82) is 0 Å². The van der Waals surface area contributed by atoms with E-state index in [4.69, 9.17) is 16.3 Å². The number of aliphatic hydroxyl groups is 1. The van der Waals surface area contributed by atoms with Crippen molar-refractivity contribution < 1.29 is 24.2 Å². The second-order valence-electron chi connectivity index (χ2n) is 9.82. The lowest BCUT2D eigenvalue weighted by molar-refractivity contribution is -0.144. The van der Waals surface area contributed by atoms with Crippen LogP contribution >= 0.6 is 11.6 Å². The summed E-state index contributed by atoms with van der Waals surface area (Å²) in [4.78, 5) is 46.9. The maximum atomic E-state index is 14.2. The molecule has 1 N–H and O–H groups in total. The van der Waals surface area contributed by atoms with Crippen LogP contribution in [0.1, 0.15) is 26.2 Å². The van der Waals surface area contributed by atoms with Gasteiger partial charge in [-0.3, -0.25) is 14.4 Å². The van der Waals surface area contributed by atoms with E-state index in [9.17, 15) is 19.5 Å². The molecule has 192 valence electrons. The summed E-state index contributed by atoms with van der Waals surface area (Å²) in [5, 5.41) is 9.77. The maximum Gasteiger partial charge on any atom is 0.253 e. The summed E-state index contributed by atoms with van der Waals surface area (Å²) in [5.74, 6) is -2.14. The van der Waals surface area contributed by atoms with E-state index < -0.39 is 29.6 Å². The summed E-state index contributed by atoms with van der Waals surface area (Å²) in [7, 11) is 0. The molecule has 0 radical (unpaired) electrons. The van der Waals surface area contributed by atoms with Gasteiger partial charge in [-0.15, -0.1) is 0 Å². The highest BCUT2D eigenvalue weighted by Crippen LogP contribution is 2.53. The van der Waals surface area contributed by atoms with Crippen LogP contribution in [-0.4, -0.2) is 83.2 Å². The first kappa shape index (κ1) is 25.0. The van der Waals surface area contributed by atoms with Gasteiger partial charge in [0.15, 0.2) is 0 Å². The molecule has 2 saturated heterocycles. The molecule has 0 aromatic heterocycles. The lowest BCUT2D eigenvalue weighted by Crippen LogP contribution is -2.55. The van der Waals surface area contributed by atoms with Crippen LogP contribution < -0.4 is 4.90 Å². The minimum absolute atomic E-state index is 0.00266. The highest BCUT2D eigenvalue weighted by molar-refractivity contribution is 6.34. The monoisotopic (exact) mass is 513 g/mol. The number of fused-ring (bicyclic) bond motifs is 2. The Morgan fingerprint density at radius 2 is 1.86 bits per heavy atom. The molecule has 1 unspecified atom stereocenters. The Hall–Kier alpha value is -2.68. The molecule has 4 heterocycles. The minimum atomic E-state index is -1.26. The third-order valence-electron chi connectivity index (χ3n) is 7.69. The molecule has 4 aliphatic heterocycles. The number of nitrogens with zero attached hydrogens (tertiary/aromatic N) is 3. The fraction of sp³-hybridized carbons (Fsp3) is 0.519. The van der Waals surface area contributed by atoms with Crippen LogP contribution in [0.5, 0.6) is 0 Å². The number of amides is 3. The SMILES string of the molecule is CCCN1CC=C[C@H]2O[C@]34C=CCN(c5ccccc5Cl)C(=O)C3N(CCCCO)C(=O)[C@@H]4[C@H]2C1=O. The molecule has 3 amide bonds. The lowest BCUT2D eigenvalue weighted by Gasteiger charge is -2.35. The van der Waals surface area contributed by atoms with E-state index in [-0.39, 0.29) is 30.9 Å².